The van der Waals surface area contributed by atoms with Gasteiger partial charge in [0.2, 0.25) is 0 Å². The molecule has 5 heteroatoms. The van der Waals surface area contributed by atoms with Crippen LogP contribution < -0.4 is 0 Å². The van der Waals surface area contributed by atoms with Crippen molar-refractivity contribution < 1.29 is 4.74 Å². The summed E-state index contributed by atoms with van der Waals surface area (Å²) in [5.74, 6) is 2.77. The molecular weight excluding hydrogens is 649 g/mol. The first-order valence-electron chi connectivity index (χ1n) is 21.6. The zero-order chi connectivity index (χ0) is 36.8. The van der Waals surface area contributed by atoms with Crippen molar-refractivity contribution in [3.63, 3.8) is 0 Å². The lowest BCUT2D eigenvalue weighted by Gasteiger charge is -2.40. The normalized spacial score (nSPS) is 21.7. The van der Waals surface area contributed by atoms with Crippen molar-refractivity contribution in [2.75, 3.05) is 0 Å². The Balaban J connectivity index is 1.28. The molecule has 0 saturated heterocycles. The molecule has 5 nitrogen and oxygen atoms in total. The van der Waals surface area contributed by atoms with Crippen LogP contribution in [0.4, 0.5) is 0 Å². The van der Waals surface area contributed by atoms with Gasteiger partial charge in [-0.3, -0.25) is 19.9 Å². The lowest BCUT2D eigenvalue weighted by Crippen LogP contribution is -2.28. The minimum absolute atomic E-state index is 0.0636. The molecule has 2 aromatic heterocycles. The predicted molar refractivity (Wildman–Crippen MR) is 219 cm³/mol. The van der Waals surface area contributed by atoms with Crippen molar-refractivity contribution >= 4 is 0 Å². The van der Waals surface area contributed by atoms with Gasteiger partial charge in [-0.25, -0.2) is 0 Å². The first-order chi connectivity index (χ1) is 26.1. The van der Waals surface area contributed by atoms with Crippen LogP contribution in [-0.4, -0.2) is 19.9 Å². The van der Waals surface area contributed by atoms with Crippen LogP contribution >= 0.6 is 0 Å². The highest BCUT2D eigenvalue weighted by atomic mass is 16.5. The molecule has 2 heterocycles. The van der Waals surface area contributed by atoms with Gasteiger partial charge >= 0.3 is 0 Å². The SMILES string of the molecule is CCCC[C@H]1CC[C@H](C(OC(c2ccc(-c3cnc(CCC)cn3)cc2)[C@H]2CC[C@H](CCCC)CC2)c2ccc(-c3cnc(CCC)cn3)cc2)CC1. The second-order valence-electron chi connectivity index (χ2n) is 16.4. The Labute approximate surface area is 321 Å². The molecule has 0 N–H and O–H groups in total. The average molecular weight is 715 g/mol. The van der Waals surface area contributed by atoms with E-state index >= 15 is 0 Å². The number of aryl methyl sites for hydroxylation is 2. The fourth-order valence-electron chi connectivity index (χ4n) is 9.09. The lowest BCUT2D eigenvalue weighted by molar-refractivity contribution is -0.0907. The second-order valence-corrected chi connectivity index (χ2v) is 16.4. The molecule has 0 bridgehead atoms. The van der Waals surface area contributed by atoms with Gasteiger partial charge in [0.25, 0.3) is 0 Å². The first kappa shape index (κ1) is 39.3. The molecule has 0 aliphatic heterocycles. The van der Waals surface area contributed by atoms with Gasteiger partial charge in [0.05, 0.1) is 47.4 Å². The Morgan fingerprint density at radius 1 is 0.491 bits per heavy atom. The van der Waals surface area contributed by atoms with E-state index < -0.39 is 0 Å². The Hall–Kier alpha value is -3.44. The molecule has 2 fully saturated rings. The van der Waals surface area contributed by atoms with Gasteiger partial charge in [-0.05, 0) is 73.3 Å². The molecule has 2 saturated carbocycles. The fourth-order valence-corrected chi connectivity index (χ4v) is 9.09. The summed E-state index contributed by atoms with van der Waals surface area (Å²) >= 11 is 0. The minimum atomic E-state index is 0.0636. The van der Waals surface area contributed by atoms with Gasteiger partial charge in [-0.15, -0.1) is 0 Å². The number of hydrogen-bond donors (Lipinski definition) is 0. The number of ether oxygens (including phenoxy) is 1. The van der Waals surface area contributed by atoms with E-state index in [0.717, 1.165) is 71.4 Å². The summed E-state index contributed by atoms with van der Waals surface area (Å²) < 4.78 is 7.65. The number of rotatable bonds is 18. The van der Waals surface area contributed by atoms with Crippen molar-refractivity contribution in [2.24, 2.45) is 23.7 Å². The average Bonchev–Trinajstić information content (AvgIpc) is 3.21. The van der Waals surface area contributed by atoms with E-state index in [1.165, 1.54) is 101 Å². The summed E-state index contributed by atoms with van der Waals surface area (Å²) in [6.45, 7) is 9.02. The minimum Gasteiger partial charge on any atom is -0.365 e. The number of aromatic nitrogens is 4. The molecule has 4 aromatic rings. The maximum absolute atomic E-state index is 7.65. The van der Waals surface area contributed by atoms with Crippen molar-refractivity contribution in [3.8, 4) is 22.5 Å². The zero-order valence-corrected chi connectivity index (χ0v) is 33.3. The van der Waals surface area contributed by atoms with Crippen LogP contribution in [0, 0.1) is 23.7 Å². The zero-order valence-electron chi connectivity index (χ0n) is 33.3. The van der Waals surface area contributed by atoms with E-state index in [-0.39, 0.29) is 12.2 Å². The Morgan fingerprint density at radius 2 is 0.887 bits per heavy atom. The monoisotopic (exact) mass is 715 g/mol. The Morgan fingerprint density at radius 3 is 1.21 bits per heavy atom. The highest BCUT2D eigenvalue weighted by molar-refractivity contribution is 5.59. The molecule has 284 valence electrons. The highest BCUT2D eigenvalue weighted by Gasteiger charge is 2.36. The van der Waals surface area contributed by atoms with E-state index in [2.05, 4.69) is 76.2 Å². The van der Waals surface area contributed by atoms with Crippen LogP contribution in [0.5, 0.6) is 0 Å². The molecule has 2 aromatic carbocycles. The summed E-state index contributed by atoms with van der Waals surface area (Å²) in [6, 6.07) is 18.3. The summed E-state index contributed by atoms with van der Waals surface area (Å²) in [4.78, 5) is 18.9. The lowest BCUT2D eigenvalue weighted by atomic mass is 9.74. The predicted octanol–water partition coefficient (Wildman–Crippen LogP) is 13.3. The van der Waals surface area contributed by atoms with Crippen LogP contribution in [0.3, 0.4) is 0 Å². The second kappa shape index (κ2) is 20.3. The van der Waals surface area contributed by atoms with Crippen molar-refractivity contribution in [1.82, 2.24) is 19.9 Å². The van der Waals surface area contributed by atoms with Crippen molar-refractivity contribution in [3.05, 3.63) is 95.8 Å². The number of hydrogen-bond acceptors (Lipinski definition) is 5. The maximum Gasteiger partial charge on any atom is 0.0885 e. The summed E-state index contributed by atoms with van der Waals surface area (Å²) in [7, 11) is 0. The Bertz CT molecular complexity index is 1480. The number of nitrogens with zero attached hydrogens (tertiary/aromatic N) is 4. The van der Waals surface area contributed by atoms with Gasteiger partial charge in [0.1, 0.15) is 0 Å². The fraction of sp³-hybridized carbons (Fsp3) is 0.583. The van der Waals surface area contributed by atoms with Crippen LogP contribution in [0.1, 0.15) is 165 Å². The van der Waals surface area contributed by atoms with Crippen LogP contribution in [0.25, 0.3) is 22.5 Å². The van der Waals surface area contributed by atoms with E-state index in [1.54, 1.807) is 0 Å². The van der Waals surface area contributed by atoms with Gasteiger partial charge < -0.3 is 4.74 Å². The highest BCUT2D eigenvalue weighted by Crippen LogP contribution is 2.47. The van der Waals surface area contributed by atoms with Gasteiger partial charge in [-0.2, -0.15) is 0 Å². The molecule has 0 spiro atoms. The Kier molecular flexibility index (Phi) is 15.0. The van der Waals surface area contributed by atoms with E-state index in [0.29, 0.717) is 11.8 Å². The molecule has 2 unspecified atom stereocenters. The number of unbranched alkanes of at least 4 members (excludes halogenated alkanes) is 2. The van der Waals surface area contributed by atoms with Crippen LogP contribution in [0.2, 0.25) is 0 Å². The number of benzene rings is 2. The van der Waals surface area contributed by atoms with Crippen LogP contribution in [0.15, 0.2) is 73.3 Å². The van der Waals surface area contributed by atoms with Gasteiger partial charge in [0.15, 0.2) is 0 Å². The molecule has 6 rings (SSSR count). The molecule has 0 radical (unpaired) electrons. The quantitative estimate of drug-likeness (QED) is 0.103. The standard InChI is InChI=1S/C48H66N4O/c1-5-9-13-35-15-19-39(20-16-35)47(41-27-23-37(24-28-41)45-33-49-43(11-7-3)31-51-45)53-48(40-21-17-36(18-22-40)14-10-6-2)42-29-25-38(26-30-42)46-34-50-44(12-8-4)32-52-46/h23-36,39-40,47-48H,5-22H2,1-4H3/t35-,36-,39-,40-,47?,48?. The molecule has 53 heavy (non-hydrogen) atoms. The van der Waals surface area contributed by atoms with E-state index in [4.69, 9.17) is 24.7 Å². The third kappa shape index (κ3) is 10.8. The van der Waals surface area contributed by atoms with E-state index in [9.17, 15) is 0 Å². The summed E-state index contributed by atoms with van der Waals surface area (Å²) in [6.07, 6.45) is 30.3. The maximum atomic E-state index is 7.65. The third-order valence-corrected chi connectivity index (χ3v) is 12.4. The first-order valence-corrected chi connectivity index (χ1v) is 21.6. The third-order valence-electron chi connectivity index (χ3n) is 12.4. The molecular formula is C48H66N4O. The largest absolute Gasteiger partial charge is 0.365 e. The summed E-state index contributed by atoms with van der Waals surface area (Å²) in [5.41, 5.74) is 8.85. The van der Waals surface area contributed by atoms with Crippen molar-refractivity contribution in [2.45, 2.75) is 155 Å². The smallest absolute Gasteiger partial charge is 0.0885 e. The van der Waals surface area contributed by atoms with Gasteiger partial charge in [0, 0.05) is 23.5 Å². The molecule has 0 amide bonds. The van der Waals surface area contributed by atoms with Crippen molar-refractivity contribution in [1.29, 1.82) is 0 Å². The van der Waals surface area contributed by atoms with Gasteiger partial charge in [-0.1, -0.05) is 153 Å². The van der Waals surface area contributed by atoms with Crippen LogP contribution in [-0.2, 0) is 17.6 Å². The molecule has 2 aliphatic carbocycles. The van der Waals surface area contributed by atoms with E-state index in [1.807, 2.05) is 24.8 Å². The topological polar surface area (TPSA) is 60.8 Å². The molecule has 2 aliphatic rings. The molecule has 2 atom stereocenters. The summed E-state index contributed by atoms with van der Waals surface area (Å²) in [5, 5.41) is 0.